The zero-order chi connectivity index (χ0) is 16.0. The van der Waals surface area contributed by atoms with Crippen LogP contribution < -0.4 is 16.6 Å². The Hall–Kier alpha value is -2.38. The van der Waals surface area contributed by atoms with Gasteiger partial charge in [0.2, 0.25) is 5.91 Å². The number of amides is 1. The van der Waals surface area contributed by atoms with Crippen LogP contribution >= 0.6 is 0 Å². The molecule has 1 aromatic heterocycles. The molecule has 1 amide bonds. The Labute approximate surface area is 121 Å². The highest BCUT2D eigenvalue weighted by Gasteiger charge is 2.10. The molecule has 1 rings (SSSR count). The first-order valence-corrected chi connectivity index (χ1v) is 6.59. The molecular formula is C13H19N3O5. The predicted octanol–water partition coefficient (Wildman–Crippen LogP) is -0.693. The summed E-state index contributed by atoms with van der Waals surface area (Å²) in [5.74, 6) is -1.23. The van der Waals surface area contributed by atoms with Gasteiger partial charge in [-0.25, -0.2) is 4.79 Å². The summed E-state index contributed by atoms with van der Waals surface area (Å²) in [4.78, 5) is 45.2. The van der Waals surface area contributed by atoms with Crippen LogP contribution in [0.25, 0.3) is 0 Å². The second-order valence-corrected chi connectivity index (χ2v) is 4.88. The lowest BCUT2D eigenvalue weighted by molar-refractivity contribution is -0.137. The number of carboxylic acid groups (broad SMARTS) is 1. The molecule has 8 nitrogen and oxygen atoms in total. The first kappa shape index (κ1) is 16.7. The number of carbonyl (C=O) groups excluding carboxylic acids is 1. The van der Waals surface area contributed by atoms with Crippen molar-refractivity contribution < 1.29 is 14.7 Å². The Balaban J connectivity index is 2.54. The fraction of sp³-hybridized carbons (Fsp3) is 0.538. The van der Waals surface area contributed by atoms with Gasteiger partial charge in [0, 0.05) is 31.8 Å². The summed E-state index contributed by atoms with van der Waals surface area (Å²) in [6.07, 6.45) is 2.34. The van der Waals surface area contributed by atoms with Crippen LogP contribution in [0.2, 0.25) is 0 Å². The van der Waals surface area contributed by atoms with Crippen molar-refractivity contribution in [2.24, 2.45) is 7.05 Å². The summed E-state index contributed by atoms with van der Waals surface area (Å²) in [7, 11) is 1.34. The van der Waals surface area contributed by atoms with Crippen molar-refractivity contribution >= 4 is 11.9 Å². The number of rotatable bonds is 7. The maximum Gasteiger partial charge on any atom is 0.331 e. The van der Waals surface area contributed by atoms with Crippen molar-refractivity contribution in [2.75, 3.05) is 0 Å². The van der Waals surface area contributed by atoms with E-state index in [1.54, 1.807) is 6.92 Å². The largest absolute Gasteiger partial charge is 0.481 e. The molecule has 0 aliphatic rings. The van der Waals surface area contributed by atoms with Gasteiger partial charge < -0.3 is 10.4 Å². The lowest BCUT2D eigenvalue weighted by Gasteiger charge is -2.14. The van der Waals surface area contributed by atoms with Gasteiger partial charge in [-0.2, -0.15) is 0 Å². The summed E-state index contributed by atoms with van der Waals surface area (Å²) in [5.41, 5.74) is -0.991. The van der Waals surface area contributed by atoms with Gasteiger partial charge in [-0.1, -0.05) is 0 Å². The summed E-state index contributed by atoms with van der Waals surface area (Å²) >= 11 is 0. The summed E-state index contributed by atoms with van der Waals surface area (Å²) < 4.78 is 2.06. The Kier molecular flexibility index (Phi) is 5.89. The van der Waals surface area contributed by atoms with E-state index in [-0.39, 0.29) is 24.9 Å². The monoisotopic (exact) mass is 297 g/mol. The average Bonchev–Trinajstić information content (AvgIpc) is 2.39. The normalized spacial score (nSPS) is 11.9. The van der Waals surface area contributed by atoms with Crippen LogP contribution in [0.3, 0.4) is 0 Å². The van der Waals surface area contributed by atoms with Crippen molar-refractivity contribution in [1.82, 2.24) is 14.5 Å². The van der Waals surface area contributed by atoms with E-state index in [1.807, 2.05) is 0 Å². The molecule has 0 saturated heterocycles. The van der Waals surface area contributed by atoms with Crippen LogP contribution in [-0.2, 0) is 23.2 Å². The summed E-state index contributed by atoms with van der Waals surface area (Å²) in [5, 5.41) is 11.2. The van der Waals surface area contributed by atoms with Gasteiger partial charge in [-0.3, -0.25) is 23.5 Å². The van der Waals surface area contributed by atoms with Gasteiger partial charge in [-0.05, 0) is 19.8 Å². The van der Waals surface area contributed by atoms with Gasteiger partial charge in [0.25, 0.3) is 5.56 Å². The maximum absolute atomic E-state index is 11.8. The first-order chi connectivity index (χ1) is 9.81. The Morgan fingerprint density at radius 3 is 2.67 bits per heavy atom. The molecule has 8 heteroatoms. The number of aromatic nitrogens is 2. The zero-order valence-corrected chi connectivity index (χ0v) is 12.0. The van der Waals surface area contributed by atoms with E-state index < -0.39 is 17.2 Å². The highest BCUT2D eigenvalue weighted by Crippen LogP contribution is 2.00. The lowest BCUT2D eigenvalue weighted by atomic mass is 10.1. The number of carbonyl (C=O) groups is 2. The fourth-order valence-corrected chi connectivity index (χ4v) is 1.84. The third kappa shape index (κ3) is 5.25. The number of nitrogens with zero attached hydrogens (tertiary/aromatic N) is 2. The van der Waals surface area contributed by atoms with E-state index in [2.05, 4.69) is 5.32 Å². The smallest absolute Gasteiger partial charge is 0.331 e. The molecule has 2 N–H and O–H groups in total. The van der Waals surface area contributed by atoms with Gasteiger partial charge in [0.05, 0.1) is 0 Å². The molecule has 0 aromatic carbocycles. The fourth-order valence-electron chi connectivity index (χ4n) is 1.84. The van der Waals surface area contributed by atoms with Crippen LogP contribution in [0.1, 0.15) is 26.2 Å². The lowest BCUT2D eigenvalue weighted by Crippen LogP contribution is -2.42. The van der Waals surface area contributed by atoms with Crippen LogP contribution in [0.5, 0.6) is 0 Å². The van der Waals surface area contributed by atoms with Crippen LogP contribution in [0, 0.1) is 0 Å². The third-order valence-corrected chi connectivity index (χ3v) is 3.01. The van der Waals surface area contributed by atoms with Crippen LogP contribution in [-0.4, -0.2) is 32.2 Å². The van der Waals surface area contributed by atoms with Crippen molar-refractivity contribution in [3.05, 3.63) is 33.1 Å². The van der Waals surface area contributed by atoms with Crippen LogP contribution in [0.4, 0.5) is 0 Å². The predicted molar refractivity (Wildman–Crippen MR) is 75.0 cm³/mol. The summed E-state index contributed by atoms with van der Waals surface area (Å²) in [6, 6.07) is 1.03. The number of hydrogen-bond acceptors (Lipinski definition) is 4. The highest BCUT2D eigenvalue weighted by molar-refractivity contribution is 5.76. The van der Waals surface area contributed by atoms with Gasteiger partial charge in [-0.15, -0.1) is 0 Å². The molecule has 0 saturated carbocycles. The first-order valence-electron chi connectivity index (χ1n) is 6.59. The quantitative estimate of drug-likeness (QED) is 0.692. The molecule has 21 heavy (non-hydrogen) atoms. The molecule has 1 unspecified atom stereocenters. The molecule has 1 heterocycles. The third-order valence-electron chi connectivity index (χ3n) is 3.01. The number of nitrogens with one attached hydrogen (secondary N) is 1. The molecular weight excluding hydrogens is 278 g/mol. The topological polar surface area (TPSA) is 110 Å². The molecule has 0 aliphatic carbocycles. The SMILES string of the molecule is CC(CCCC(=O)O)NC(=O)Cn1ccc(=O)n(C)c1=O. The molecule has 0 bridgehead atoms. The van der Waals surface area contributed by atoms with Crippen molar-refractivity contribution in [3.8, 4) is 0 Å². The molecule has 0 radical (unpaired) electrons. The minimum Gasteiger partial charge on any atom is -0.481 e. The Bertz CT molecular complexity index is 631. The number of aliphatic carboxylic acids is 1. The highest BCUT2D eigenvalue weighted by atomic mass is 16.4. The molecule has 0 aliphatic heterocycles. The van der Waals surface area contributed by atoms with E-state index in [1.165, 1.54) is 19.3 Å². The van der Waals surface area contributed by atoms with Crippen LogP contribution in [0.15, 0.2) is 21.9 Å². The van der Waals surface area contributed by atoms with E-state index in [9.17, 15) is 19.2 Å². The summed E-state index contributed by atoms with van der Waals surface area (Å²) in [6.45, 7) is 1.58. The van der Waals surface area contributed by atoms with E-state index in [0.29, 0.717) is 12.8 Å². The zero-order valence-electron chi connectivity index (χ0n) is 12.0. The van der Waals surface area contributed by atoms with Gasteiger partial charge in [0.15, 0.2) is 0 Å². The standard InChI is InChI=1S/C13H19N3O5/c1-9(4-3-5-12(19)20)14-10(17)8-16-7-6-11(18)15(2)13(16)21/h6-7,9H,3-5,8H2,1-2H3,(H,14,17)(H,19,20). The Morgan fingerprint density at radius 1 is 1.38 bits per heavy atom. The van der Waals surface area contributed by atoms with Gasteiger partial charge >= 0.3 is 11.7 Å². The van der Waals surface area contributed by atoms with E-state index >= 15 is 0 Å². The minimum atomic E-state index is -0.870. The number of hydrogen-bond donors (Lipinski definition) is 2. The second-order valence-electron chi connectivity index (χ2n) is 4.88. The molecule has 0 spiro atoms. The minimum absolute atomic E-state index is 0.0560. The van der Waals surface area contributed by atoms with Gasteiger partial charge in [0.1, 0.15) is 6.54 Å². The van der Waals surface area contributed by atoms with E-state index in [0.717, 1.165) is 9.13 Å². The van der Waals surface area contributed by atoms with Crippen molar-refractivity contribution in [1.29, 1.82) is 0 Å². The van der Waals surface area contributed by atoms with Crippen molar-refractivity contribution in [3.63, 3.8) is 0 Å². The molecule has 1 aromatic rings. The molecule has 116 valence electrons. The van der Waals surface area contributed by atoms with E-state index in [4.69, 9.17) is 5.11 Å². The molecule has 1 atom stereocenters. The molecule has 0 fully saturated rings. The maximum atomic E-state index is 11.8. The average molecular weight is 297 g/mol. The second kappa shape index (κ2) is 7.41. The van der Waals surface area contributed by atoms with Crippen molar-refractivity contribution in [2.45, 2.75) is 38.8 Å². The number of carboxylic acids is 1. The Morgan fingerprint density at radius 2 is 2.05 bits per heavy atom.